The predicted molar refractivity (Wildman–Crippen MR) is 89.0 cm³/mol. The van der Waals surface area contributed by atoms with Crippen molar-refractivity contribution in [1.82, 2.24) is 9.88 Å². The minimum absolute atomic E-state index is 0.0324. The molecule has 1 aromatic carbocycles. The topological polar surface area (TPSA) is 66.2 Å². The highest BCUT2D eigenvalue weighted by Crippen LogP contribution is 2.34. The minimum atomic E-state index is -0.582. The van der Waals surface area contributed by atoms with Crippen molar-refractivity contribution in [2.45, 2.75) is 26.5 Å². The van der Waals surface area contributed by atoms with Crippen molar-refractivity contribution in [1.29, 1.82) is 5.26 Å². The van der Waals surface area contributed by atoms with Gasteiger partial charge in [0.2, 0.25) is 5.88 Å². The third-order valence-electron chi connectivity index (χ3n) is 4.16. The van der Waals surface area contributed by atoms with E-state index in [4.69, 9.17) is 10.00 Å². The SMILES string of the molecule is CC1(C)CN(Cc2ccccc2)C(=O)[C@@H]1Oc1ccc(C#N)cn1. The van der Waals surface area contributed by atoms with E-state index in [0.717, 1.165) is 5.56 Å². The molecule has 24 heavy (non-hydrogen) atoms. The van der Waals surface area contributed by atoms with Crippen molar-refractivity contribution in [2.75, 3.05) is 6.54 Å². The number of nitriles is 1. The van der Waals surface area contributed by atoms with Gasteiger partial charge < -0.3 is 9.64 Å². The average molecular weight is 321 g/mol. The first-order valence-corrected chi connectivity index (χ1v) is 7.85. The molecule has 2 aromatic rings. The molecule has 5 heteroatoms. The van der Waals surface area contributed by atoms with E-state index >= 15 is 0 Å². The number of likely N-dealkylation sites (tertiary alicyclic amines) is 1. The van der Waals surface area contributed by atoms with Gasteiger partial charge in [-0.1, -0.05) is 44.2 Å². The minimum Gasteiger partial charge on any atom is -0.464 e. The Morgan fingerprint density at radius 1 is 1.29 bits per heavy atom. The molecule has 2 heterocycles. The Balaban J connectivity index is 1.75. The summed E-state index contributed by atoms with van der Waals surface area (Å²) < 4.78 is 5.86. The lowest BCUT2D eigenvalue weighted by atomic mass is 9.89. The van der Waals surface area contributed by atoms with E-state index in [-0.39, 0.29) is 11.3 Å². The van der Waals surface area contributed by atoms with Crippen molar-refractivity contribution in [3.8, 4) is 11.9 Å². The highest BCUT2D eigenvalue weighted by atomic mass is 16.5. The lowest BCUT2D eigenvalue weighted by Gasteiger charge is -2.23. The van der Waals surface area contributed by atoms with Crippen LogP contribution in [0.2, 0.25) is 0 Å². The fraction of sp³-hybridized carbons (Fsp3) is 0.316. The second-order valence-electron chi connectivity index (χ2n) is 6.66. The number of amides is 1. The first-order valence-electron chi connectivity index (χ1n) is 7.85. The molecule has 1 amide bonds. The molecule has 1 saturated heterocycles. The van der Waals surface area contributed by atoms with Gasteiger partial charge in [-0.15, -0.1) is 0 Å². The van der Waals surface area contributed by atoms with Crippen molar-refractivity contribution >= 4 is 5.91 Å². The van der Waals surface area contributed by atoms with Crippen LogP contribution in [0.3, 0.4) is 0 Å². The molecule has 1 aliphatic heterocycles. The van der Waals surface area contributed by atoms with Crippen molar-refractivity contribution in [3.05, 3.63) is 59.8 Å². The first kappa shape index (κ1) is 16.0. The third-order valence-corrected chi connectivity index (χ3v) is 4.16. The molecule has 0 N–H and O–H groups in total. The summed E-state index contributed by atoms with van der Waals surface area (Å²) in [6.07, 6.45) is 0.866. The van der Waals surface area contributed by atoms with Gasteiger partial charge in [0.1, 0.15) is 6.07 Å². The van der Waals surface area contributed by atoms with Crippen LogP contribution in [0.1, 0.15) is 25.0 Å². The van der Waals surface area contributed by atoms with E-state index in [1.165, 1.54) is 6.20 Å². The van der Waals surface area contributed by atoms with Crippen LogP contribution in [-0.2, 0) is 11.3 Å². The molecule has 0 aliphatic carbocycles. The summed E-state index contributed by atoms with van der Waals surface area (Å²) in [5, 5.41) is 8.82. The lowest BCUT2D eigenvalue weighted by Crippen LogP contribution is -2.36. The largest absolute Gasteiger partial charge is 0.464 e. The number of hydrogen-bond acceptors (Lipinski definition) is 4. The molecule has 5 nitrogen and oxygen atoms in total. The van der Waals surface area contributed by atoms with E-state index in [0.29, 0.717) is 24.5 Å². The number of carbonyl (C=O) groups excluding carboxylic acids is 1. The number of nitrogens with zero attached hydrogens (tertiary/aromatic N) is 3. The zero-order valence-corrected chi connectivity index (χ0v) is 13.8. The Morgan fingerprint density at radius 2 is 2.04 bits per heavy atom. The molecule has 3 rings (SSSR count). The highest BCUT2D eigenvalue weighted by Gasteiger charge is 2.48. The zero-order chi connectivity index (χ0) is 17.2. The molecule has 0 bridgehead atoms. The standard InChI is InChI=1S/C19H19N3O2/c1-19(2)13-22(12-14-6-4-3-5-7-14)18(23)17(19)24-16-9-8-15(10-20)11-21-16/h3-9,11,17H,12-13H2,1-2H3/t17-/m0/s1. The van der Waals surface area contributed by atoms with E-state index < -0.39 is 6.10 Å². The Bertz CT molecular complexity index is 763. The monoisotopic (exact) mass is 321 g/mol. The van der Waals surface area contributed by atoms with E-state index in [9.17, 15) is 4.79 Å². The molecule has 0 spiro atoms. The second kappa shape index (κ2) is 6.32. The van der Waals surface area contributed by atoms with Crippen LogP contribution in [0.4, 0.5) is 0 Å². The van der Waals surface area contributed by atoms with Crippen LogP contribution < -0.4 is 4.74 Å². The summed E-state index contributed by atoms with van der Waals surface area (Å²) in [6.45, 7) is 5.24. The van der Waals surface area contributed by atoms with Crippen molar-refractivity contribution in [3.63, 3.8) is 0 Å². The van der Waals surface area contributed by atoms with Crippen LogP contribution in [0, 0.1) is 16.7 Å². The number of hydrogen-bond donors (Lipinski definition) is 0. The number of aromatic nitrogens is 1. The molecule has 0 unspecified atom stereocenters. The zero-order valence-electron chi connectivity index (χ0n) is 13.8. The summed E-state index contributed by atoms with van der Waals surface area (Å²) in [5.74, 6) is 0.331. The smallest absolute Gasteiger partial charge is 0.264 e. The van der Waals surface area contributed by atoms with Gasteiger partial charge in [-0.05, 0) is 11.6 Å². The molecule has 0 saturated carbocycles. The second-order valence-corrected chi connectivity index (χ2v) is 6.66. The molecule has 1 aromatic heterocycles. The van der Waals surface area contributed by atoms with Crippen molar-refractivity contribution < 1.29 is 9.53 Å². The van der Waals surface area contributed by atoms with Crippen LogP contribution in [0.15, 0.2) is 48.7 Å². The molecular weight excluding hydrogens is 302 g/mol. The Hall–Kier alpha value is -2.87. The van der Waals surface area contributed by atoms with Gasteiger partial charge in [0, 0.05) is 30.8 Å². The normalized spacial score (nSPS) is 19.1. The Kier molecular flexibility index (Phi) is 4.22. The van der Waals surface area contributed by atoms with Crippen LogP contribution in [-0.4, -0.2) is 28.4 Å². The van der Waals surface area contributed by atoms with E-state index in [1.54, 1.807) is 12.1 Å². The first-order chi connectivity index (χ1) is 11.5. The summed E-state index contributed by atoms with van der Waals surface area (Å²) in [4.78, 5) is 18.7. The van der Waals surface area contributed by atoms with E-state index in [2.05, 4.69) is 4.98 Å². The maximum absolute atomic E-state index is 12.8. The fourth-order valence-corrected chi connectivity index (χ4v) is 2.94. The molecule has 1 atom stereocenters. The summed E-state index contributed by atoms with van der Waals surface area (Å²) in [5.41, 5.74) is 1.24. The Labute approximate surface area is 141 Å². The molecular formula is C19H19N3O2. The van der Waals surface area contributed by atoms with Gasteiger partial charge in [-0.25, -0.2) is 4.98 Å². The molecule has 1 aliphatic rings. The van der Waals surface area contributed by atoms with Crippen LogP contribution in [0.25, 0.3) is 0 Å². The fourth-order valence-electron chi connectivity index (χ4n) is 2.94. The third kappa shape index (κ3) is 3.23. The van der Waals surface area contributed by atoms with Gasteiger partial charge in [-0.3, -0.25) is 4.79 Å². The number of pyridine rings is 1. The number of rotatable bonds is 4. The molecule has 1 fully saturated rings. The maximum atomic E-state index is 12.8. The number of carbonyl (C=O) groups is 1. The van der Waals surface area contributed by atoms with E-state index in [1.807, 2.05) is 55.1 Å². The van der Waals surface area contributed by atoms with Crippen LogP contribution >= 0.6 is 0 Å². The van der Waals surface area contributed by atoms with Gasteiger partial charge in [0.15, 0.2) is 6.10 Å². The van der Waals surface area contributed by atoms with Gasteiger partial charge in [-0.2, -0.15) is 5.26 Å². The average Bonchev–Trinajstić information content (AvgIpc) is 2.79. The predicted octanol–water partition coefficient (Wildman–Crippen LogP) is 2.77. The molecule has 0 radical (unpaired) electrons. The summed E-state index contributed by atoms with van der Waals surface area (Å²) >= 11 is 0. The van der Waals surface area contributed by atoms with Gasteiger partial charge >= 0.3 is 0 Å². The number of benzene rings is 1. The Morgan fingerprint density at radius 3 is 2.67 bits per heavy atom. The number of ether oxygens (including phenoxy) is 1. The quantitative estimate of drug-likeness (QED) is 0.868. The molecule has 122 valence electrons. The van der Waals surface area contributed by atoms with Crippen LogP contribution in [0.5, 0.6) is 5.88 Å². The maximum Gasteiger partial charge on any atom is 0.264 e. The lowest BCUT2D eigenvalue weighted by molar-refractivity contribution is -0.135. The summed E-state index contributed by atoms with van der Waals surface area (Å²) in [6, 6.07) is 15.2. The van der Waals surface area contributed by atoms with Gasteiger partial charge in [0.05, 0.1) is 5.56 Å². The summed E-state index contributed by atoms with van der Waals surface area (Å²) in [7, 11) is 0. The van der Waals surface area contributed by atoms with Gasteiger partial charge in [0.25, 0.3) is 5.91 Å². The van der Waals surface area contributed by atoms with Crippen molar-refractivity contribution in [2.24, 2.45) is 5.41 Å². The highest BCUT2D eigenvalue weighted by molar-refractivity contribution is 5.84.